The van der Waals surface area contributed by atoms with Gasteiger partial charge in [-0.25, -0.2) is 4.79 Å². The van der Waals surface area contributed by atoms with Gasteiger partial charge in [-0.15, -0.1) is 0 Å². The Balaban J connectivity index is 2.33. The maximum atomic E-state index is 11.6. The van der Waals surface area contributed by atoms with Crippen molar-refractivity contribution < 1.29 is 4.52 Å². The lowest BCUT2D eigenvalue weighted by molar-refractivity contribution is 0.380. The van der Waals surface area contributed by atoms with Crippen molar-refractivity contribution >= 4 is 10.8 Å². The van der Waals surface area contributed by atoms with Gasteiger partial charge in [0.05, 0.1) is 5.39 Å². The highest BCUT2D eigenvalue weighted by atomic mass is 16.5. The number of nitrogens with zero attached hydrogens (tertiary/aromatic N) is 1. The minimum Gasteiger partial charge on any atom is -0.312 e. The van der Waals surface area contributed by atoms with Crippen molar-refractivity contribution in [3.8, 4) is 11.3 Å². The summed E-state index contributed by atoms with van der Waals surface area (Å²) >= 11 is 0. The highest BCUT2D eigenvalue weighted by Crippen LogP contribution is 2.24. The van der Waals surface area contributed by atoms with Crippen molar-refractivity contribution in [3.63, 3.8) is 0 Å². The van der Waals surface area contributed by atoms with Gasteiger partial charge in [0.1, 0.15) is 5.69 Å². The molecule has 0 unspecified atom stereocenters. The summed E-state index contributed by atoms with van der Waals surface area (Å²) in [4.78, 5) is 11.6. The summed E-state index contributed by atoms with van der Waals surface area (Å²) < 4.78 is 4.85. The van der Waals surface area contributed by atoms with Gasteiger partial charge in [0.2, 0.25) is 0 Å². The zero-order chi connectivity index (χ0) is 12.5. The number of aromatic nitrogens is 1. The second-order valence-electron chi connectivity index (χ2n) is 4.23. The Morgan fingerprint density at radius 1 is 0.944 bits per heavy atom. The molecule has 0 fully saturated rings. The summed E-state index contributed by atoms with van der Waals surface area (Å²) in [5.41, 5.74) is 2.42. The number of benzene rings is 2. The maximum Gasteiger partial charge on any atom is 0.366 e. The molecule has 0 saturated heterocycles. The van der Waals surface area contributed by atoms with Crippen LogP contribution in [0.25, 0.3) is 22.0 Å². The summed E-state index contributed by atoms with van der Waals surface area (Å²) in [6.45, 7) is 2.03. The Hall–Kier alpha value is -2.42. The van der Waals surface area contributed by atoms with Gasteiger partial charge in [-0.1, -0.05) is 53.2 Å². The van der Waals surface area contributed by atoms with Crippen LogP contribution in [-0.2, 0) is 0 Å². The Morgan fingerprint density at radius 3 is 2.33 bits per heavy atom. The molecule has 0 aliphatic heterocycles. The monoisotopic (exact) mass is 237 g/mol. The zero-order valence-corrected chi connectivity index (χ0v) is 9.88. The number of rotatable bonds is 1. The summed E-state index contributed by atoms with van der Waals surface area (Å²) in [5.74, 6) is 0. The van der Waals surface area contributed by atoms with Gasteiger partial charge in [-0.3, -0.25) is 0 Å². The van der Waals surface area contributed by atoms with Crippen LogP contribution in [0, 0.1) is 6.92 Å². The minimum absolute atomic E-state index is 0.401. The number of hydrogen-bond acceptors (Lipinski definition) is 3. The van der Waals surface area contributed by atoms with E-state index in [1.807, 2.05) is 49.4 Å². The average Bonchev–Trinajstić information content (AvgIpc) is 2.41. The van der Waals surface area contributed by atoms with Crippen molar-refractivity contribution in [2.75, 3.05) is 0 Å². The van der Waals surface area contributed by atoms with E-state index in [-0.39, 0.29) is 0 Å². The first kappa shape index (κ1) is 10.7. The first-order valence-corrected chi connectivity index (χ1v) is 5.71. The topological polar surface area (TPSA) is 43.1 Å². The van der Waals surface area contributed by atoms with E-state index in [0.717, 1.165) is 10.9 Å². The van der Waals surface area contributed by atoms with Crippen molar-refractivity contribution in [2.24, 2.45) is 0 Å². The molecule has 1 heterocycles. The van der Waals surface area contributed by atoms with Crippen LogP contribution in [0.3, 0.4) is 0 Å². The third-order valence-corrected chi connectivity index (χ3v) is 2.95. The summed E-state index contributed by atoms with van der Waals surface area (Å²) in [6.07, 6.45) is 0. The highest BCUT2D eigenvalue weighted by molar-refractivity contribution is 5.93. The molecular weight excluding hydrogens is 226 g/mol. The molecule has 0 spiro atoms. The van der Waals surface area contributed by atoms with Crippen LogP contribution in [0.5, 0.6) is 0 Å². The normalized spacial score (nSPS) is 10.7. The van der Waals surface area contributed by atoms with Crippen molar-refractivity contribution in [1.82, 2.24) is 5.16 Å². The third-order valence-electron chi connectivity index (χ3n) is 2.95. The van der Waals surface area contributed by atoms with E-state index in [1.165, 1.54) is 5.56 Å². The van der Waals surface area contributed by atoms with Gasteiger partial charge in [0.15, 0.2) is 0 Å². The Kier molecular flexibility index (Phi) is 2.45. The smallest absolute Gasteiger partial charge is 0.312 e. The standard InChI is InChI=1S/C15H11NO2/c1-10-6-8-11(9-7-10)14-12-4-2-3-5-13(12)15(17)18-16-14/h2-9H,1H3. The molecular formula is C15H11NO2. The lowest BCUT2D eigenvalue weighted by atomic mass is 10.0. The van der Waals surface area contributed by atoms with Gasteiger partial charge in [-0.2, -0.15) is 0 Å². The van der Waals surface area contributed by atoms with Crippen molar-refractivity contribution in [3.05, 3.63) is 64.5 Å². The van der Waals surface area contributed by atoms with Crippen molar-refractivity contribution in [1.29, 1.82) is 0 Å². The Bertz CT molecular complexity index is 757. The number of fused-ring (bicyclic) bond motifs is 1. The molecule has 0 bridgehead atoms. The molecule has 3 rings (SSSR count). The van der Waals surface area contributed by atoms with Gasteiger partial charge >= 0.3 is 5.63 Å². The number of hydrogen-bond donors (Lipinski definition) is 0. The molecule has 0 N–H and O–H groups in total. The van der Waals surface area contributed by atoms with Crippen LogP contribution in [0.15, 0.2) is 57.8 Å². The second kappa shape index (κ2) is 4.11. The second-order valence-corrected chi connectivity index (χ2v) is 4.23. The first-order chi connectivity index (χ1) is 8.75. The molecule has 0 saturated carbocycles. The van der Waals surface area contributed by atoms with E-state index in [4.69, 9.17) is 4.52 Å². The average molecular weight is 237 g/mol. The molecule has 3 heteroatoms. The molecule has 0 aliphatic carbocycles. The van der Waals surface area contributed by atoms with E-state index in [1.54, 1.807) is 6.07 Å². The lowest BCUT2D eigenvalue weighted by Gasteiger charge is -2.03. The van der Waals surface area contributed by atoms with E-state index in [2.05, 4.69) is 5.16 Å². The fourth-order valence-electron chi connectivity index (χ4n) is 1.97. The van der Waals surface area contributed by atoms with Gasteiger partial charge in [0, 0.05) is 10.9 Å². The molecule has 18 heavy (non-hydrogen) atoms. The third kappa shape index (κ3) is 1.70. The van der Waals surface area contributed by atoms with Crippen molar-refractivity contribution in [2.45, 2.75) is 6.92 Å². The summed E-state index contributed by atoms with van der Waals surface area (Å²) in [5, 5.41) is 5.29. The molecule has 2 aromatic carbocycles. The highest BCUT2D eigenvalue weighted by Gasteiger charge is 2.09. The molecule has 0 amide bonds. The van der Waals surface area contributed by atoms with E-state index >= 15 is 0 Å². The van der Waals surface area contributed by atoms with E-state index < -0.39 is 5.63 Å². The molecule has 1 aromatic heterocycles. The summed E-state index contributed by atoms with van der Waals surface area (Å²) in [6, 6.07) is 15.3. The largest absolute Gasteiger partial charge is 0.366 e. The van der Waals surface area contributed by atoms with Gasteiger partial charge < -0.3 is 4.52 Å². The fourth-order valence-corrected chi connectivity index (χ4v) is 1.97. The van der Waals surface area contributed by atoms with Crippen LogP contribution in [0.1, 0.15) is 5.56 Å². The fraction of sp³-hybridized carbons (Fsp3) is 0.0667. The van der Waals surface area contributed by atoms with E-state index in [0.29, 0.717) is 11.1 Å². The quantitative estimate of drug-likeness (QED) is 0.653. The molecule has 0 radical (unpaired) electrons. The predicted molar refractivity (Wildman–Crippen MR) is 70.5 cm³/mol. The van der Waals surface area contributed by atoms with E-state index in [9.17, 15) is 4.79 Å². The molecule has 3 nitrogen and oxygen atoms in total. The van der Waals surface area contributed by atoms with Crippen LogP contribution in [0.2, 0.25) is 0 Å². The zero-order valence-electron chi connectivity index (χ0n) is 9.88. The van der Waals surface area contributed by atoms with Gasteiger partial charge in [-0.05, 0) is 13.0 Å². The van der Waals surface area contributed by atoms with Crippen LogP contribution >= 0.6 is 0 Å². The predicted octanol–water partition coefficient (Wildman–Crippen LogP) is 3.16. The maximum absolute atomic E-state index is 11.6. The lowest BCUT2D eigenvalue weighted by Crippen LogP contribution is -2.02. The summed E-state index contributed by atoms with van der Waals surface area (Å²) in [7, 11) is 0. The Morgan fingerprint density at radius 2 is 1.61 bits per heavy atom. The van der Waals surface area contributed by atoms with Crippen LogP contribution in [-0.4, -0.2) is 5.16 Å². The molecule has 88 valence electrons. The number of aryl methyl sites for hydroxylation is 1. The molecule has 0 aliphatic rings. The Labute approximate surface area is 104 Å². The SMILES string of the molecule is Cc1ccc(-c2noc(=O)c3ccccc23)cc1. The van der Waals surface area contributed by atoms with Gasteiger partial charge in [0.25, 0.3) is 0 Å². The van der Waals surface area contributed by atoms with Crippen LogP contribution < -0.4 is 5.63 Å². The molecule has 0 atom stereocenters. The molecule has 3 aromatic rings. The van der Waals surface area contributed by atoms with Crippen LogP contribution in [0.4, 0.5) is 0 Å². The minimum atomic E-state index is -0.401. The first-order valence-electron chi connectivity index (χ1n) is 5.71.